The zero-order valence-electron chi connectivity index (χ0n) is 18.5. The first kappa shape index (κ1) is 28.2. The second-order valence-electron chi connectivity index (χ2n) is 8.23. The van der Waals surface area contributed by atoms with Gasteiger partial charge in [0.05, 0.1) is 31.8 Å². The number of thiazole rings is 1. The molecule has 0 aliphatic carbocycles. The number of likely N-dealkylation sites (tertiary alicyclic amines) is 1. The molecule has 1 aromatic rings. The predicted molar refractivity (Wildman–Crippen MR) is 132 cm³/mol. The van der Waals surface area contributed by atoms with Crippen molar-refractivity contribution in [2.45, 2.75) is 24.3 Å². The van der Waals surface area contributed by atoms with Crippen molar-refractivity contribution in [3.8, 4) is 0 Å². The van der Waals surface area contributed by atoms with Crippen LogP contribution in [0.4, 0.5) is 5.13 Å². The number of nitrogens with zero attached hydrogens (tertiary/aromatic N) is 4. The average Bonchev–Trinajstić information content (AvgIpc) is 3.37. The number of fused-ring (bicyclic) bond motifs is 1. The summed E-state index contributed by atoms with van der Waals surface area (Å²) in [4.78, 5) is 47.7. The first-order valence-electron chi connectivity index (χ1n) is 10.1. The molecule has 3 aliphatic heterocycles. The Morgan fingerprint density at radius 3 is 2.62 bits per heavy atom. The number of aliphatic carboxylic acids is 1. The monoisotopic (exact) mass is 552 g/mol. The Balaban J connectivity index is 0.00000204. The summed E-state index contributed by atoms with van der Waals surface area (Å²) in [5.41, 5.74) is 6.39. The number of oxime groups is 1. The molecule has 0 aromatic carbocycles. The maximum Gasteiger partial charge on any atom is 0.276 e. The van der Waals surface area contributed by atoms with Gasteiger partial charge in [0.15, 0.2) is 10.8 Å². The molecular weight excluding hydrogens is 527 g/mol. The van der Waals surface area contributed by atoms with Crippen molar-refractivity contribution in [2.24, 2.45) is 5.16 Å². The highest BCUT2D eigenvalue weighted by molar-refractivity contribution is 8.00. The zero-order chi connectivity index (χ0) is 23.0. The van der Waals surface area contributed by atoms with E-state index in [-0.39, 0.29) is 47.0 Å². The summed E-state index contributed by atoms with van der Waals surface area (Å²) in [6.45, 7) is 2.53. The molecule has 0 radical (unpaired) electrons. The number of hydrogen-bond acceptors (Lipinski definition) is 10. The van der Waals surface area contributed by atoms with Gasteiger partial charge >= 0.3 is 0 Å². The molecule has 0 saturated carbocycles. The zero-order valence-corrected chi connectivity index (χ0v) is 21.8. The second-order valence-corrected chi connectivity index (χ2v) is 10.2. The fourth-order valence-electron chi connectivity index (χ4n) is 4.41. The van der Waals surface area contributed by atoms with Crippen LogP contribution in [-0.4, -0.2) is 88.8 Å². The summed E-state index contributed by atoms with van der Waals surface area (Å²) in [6, 6.07) is -0.891. The number of carboxylic acids is 1. The largest absolute Gasteiger partial charge is 0.543 e. The SMILES string of the molecule is CON=C(C(=O)NC1C(=O)N2C(C(=O)[O-])=C(C[N+]3(C)CCCC3)CS[C@@H]12)c1csc(N)n1.Cl.Cl. The third-order valence-electron chi connectivity index (χ3n) is 5.91. The Morgan fingerprint density at radius 1 is 1.38 bits per heavy atom. The van der Waals surface area contributed by atoms with Crippen molar-refractivity contribution in [1.29, 1.82) is 0 Å². The summed E-state index contributed by atoms with van der Waals surface area (Å²) in [5.74, 6) is -2.06. The Bertz CT molecular complexity index is 1030. The number of nitrogens with two attached hydrogens (primary N) is 1. The molecule has 34 heavy (non-hydrogen) atoms. The number of carbonyl (C=O) groups excluding carboxylic acids is 3. The highest BCUT2D eigenvalue weighted by Gasteiger charge is 2.53. The molecule has 2 atom stereocenters. The van der Waals surface area contributed by atoms with Gasteiger partial charge in [0.1, 0.15) is 30.8 Å². The number of quaternary nitrogens is 1. The minimum atomic E-state index is -1.37. The van der Waals surface area contributed by atoms with E-state index in [1.54, 1.807) is 5.38 Å². The summed E-state index contributed by atoms with van der Waals surface area (Å²) < 4.78 is 0.757. The van der Waals surface area contributed by atoms with E-state index >= 15 is 0 Å². The van der Waals surface area contributed by atoms with E-state index in [0.29, 0.717) is 17.9 Å². The summed E-state index contributed by atoms with van der Waals surface area (Å²) in [7, 11) is 3.39. The standard InChI is InChI=1S/C19H24N6O5S2.2ClH/c1-25(5-3-4-6-25)7-10-8-31-17-13(16(27)24(17)14(10)18(28)29)22-15(26)12(23-30-2)11-9-32-19(20)21-11;;/h9,13,17H,3-8H2,1-2H3,(H3-,20,21,22,26,28,29);2*1H/t13?,17-;;/m0../s1. The molecule has 3 N–H and O–H groups in total. The number of nitrogen functional groups attached to an aromatic ring is 1. The molecule has 4 rings (SSSR count). The molecule has 1 unspecified atom stereocenters. The highest BCUT2D eigenvalue weighted by atomic mass is 35.5. The lowest BCUT2D eigenvalue weighted by atomic mass is 10.0. The summed E-state index contributed by atoms with van der Waals surface area (Å²) in [5, 5.41) is 19.6. The molecule has 2 saturated heterocycles. The molecule has 0 bridgehead atoms. The average molecular weight is 553 g/mol. The van der Waals surface area contributed by atoms with E-state index in [0.717, 1.165) is 41.8 Å². The summed E-state index contributed by atoms with van der Waals surface area (Å²) in [6.07, 6.45) is 2.21. The van der Waals surface area contributed by atoms with Gasteiger partial charge in [0.25, 0.3) is 11.8 Å². The van der Waals surface area contributed by atoms with E-state index in [4.69, 9.17) is 10.6 Å². The molecule has 15 heteroatoms. The van der Waals surface area contributed by atoms with Crippen LogP contribution in [0, 0.1) is 0 Å². The Morgan fingerprint density at radius 2 is 2.06 bits per heavy atom. The molecule has 2 amide bonds. The van der Waals surface area contributed by atoms with Gasteiger partial charge in [-0.05, 0) is 0 Å². The molecule has 2 fully saturated rings. The maximum atomic E-state index is 12.9. The maximum absolute atomic E-state index is 12.9. The van der Waals surface area contributed by atoms with E-state index in [2.05, 4.69) is 22.5 Å². The predicted octanol–water partition coefficient (Wildman–Crippen LogP) is -0.436. The number of carboxylic acid groups (broad SMARTS) is 1. The number of nitrogens with one attached hydrogen (secondary N) is 1. The van der Waals surface area contributed by atoms with Crippen molar-refractivity contribution >= 4 is 76.5 Å². The van der Waals surface area contributed by atoms with Gasteiger partial charge in [-0.2, -0.15) is 0 Å². The smallest absolute Gasteiger partial charge is 0.276 e. The topological polar surface area (TPSA) is 150 Å². The Labute approximate surface area is 217 Å². The van der Waals surface area contributed by atoms with Gasteiger partial charge < -0.3 is 30.3 Å². The number of amides is 2. The normalized spacial score (nSPS) is 23.3. The van der Waals surface area contributed by atoms with Gasteiger partial charge in [0, 0.05) is 29.5 Å². The molecule has 188 valence electrons. The van der Waals surface area contributed by atoms with Gasteiger partial charge in [-0.15, -0.1) is 47.9 Å². The van der Waals surface area contributed by atoms with Gasteiger partial charge in [-0.1, -0.05) is 5.16 Å². The van der Waals surface area contributed by atoms with Crippen molar-refractivity contribution in [3.05, 3.63) is 22.3 Å². The van der Waals surface area contributed by atoms with Crippen LogP contribution in [0.5, 0.6) is 0 Å². The van der Waals surface area contributed by atoms with Gasteiger partial charge in [-0.25, -0.2) is 4.98 Å². The number of likely N-dealkylation sites (N-methyl/N-ethyl adjacent to an activating group) is 1. The van der Waals surface area contributed by atoms with Crippen molar-refractivity contribution in [2.75, 3.05) is 45.3 Å². The Hall–Kier alpha value is -2.06. The van der Waals surface area contributed by atoms with Crippen LogP contribution in [0.2, 0.25) is 0 Å². The second kappa shape index (κ2) is 11.1. The lowest BCUT2D eigenvalue weighted by Crippen LogP contribution is -2.71. The van der Waals surface area contributed by atoms with E-state index < -0.39 is 29.2 Å². The minimum absolute atomic E-state index is 0. The number of carbonyl (C=O) groups is 3. The first-order chi connectivity index (χ1) is 15.2. The fraction of sp³-hybridized carbons (Fsp3) is 0.526. The number of halogens is 2. The highest BCUT2D eigenvalue weighted by Crippen LogP contribution is 2.41. The van der Waals surface area contributed by atoms with Crippen molar-refractivity contribution < 1.29 is 28.8 Å². The lowest BCUT2D eigenvalue weighted by Gasteiger charge is -2.51. The van der Waals surface area contributed by atoms with Crippen molar-refractivity contribution in [1.82, 2.24) is 15.2 Å². The first-order valence-corrected chi connectivity index (χ1v) is 12.0. The van der Waals surface area contributed by atoms with Crippen LogP contribution < -0.4 is 16.2 Å². The third kappa shape index (κ3) is 5.28. The molecule has 4 heterocycles. The number of rotatable bonds is 7. The van der Waals surface area contributed by atoms with Crippen LogP contribution in [0.15, 0.2) is 21.8 Å². The van der Waals surface area contributed by atoms with E-state index in [9.17, 15) is 19.5 Å². The van der Waals surface area contributed by atoms with Crippen LogP contribution in [0.25, 0.3) is 0 Å². The van der Waals surface area contributed by atoms with Gasteiger partial charge in [-0.3, -0.25) is 14.5 Å². The van der Waals surface area contributed by atoms with Crippen molar-refractivity contribution in [3.63, 3.8) is 0 Å². The molecular formula is C19H26Cl2N6O5S2. The van der Waals surface area contributed by atoms with Crippen LogP contribution in [-0.2, 0) is 19.2 Å². The number of thioether (sulfide) groups is 1. The number of aromatic nitrogens is 1. The molecule has 1 aromatic heterocycles. The minimum Gasteiger partial charge on any atom is -0.543 e. The third-order valence-corrected chi connectivity index (χ3v) is 7.92. The quantitative estimate of drug-likeness (QED) is 0.200. The number of β-lactam (4-membered cyclic amide) rings is 1. The lowest BCUT2D eigenvalue weighted by molar-refractivity contribution is -0.893. The molecule has 3 aliphatic rings. The van der Waals surface area contributed by atoms with E-state index in [1.165, 1.54) is 23.8 Å². The number of anilines is 1. The van der Waals surface area contributed by atoms with Crippen LogP contribution in [0.3, 0.4) is 0 Å². The molecule has 11 nitrogen and oxygen atoms in total. The fourth-order valence-corrected chi connectivity index (χ4v) is 6.30. The summed E-state index contributed by atoms with van der Waals surface area (Å²) >= 11 is 2.57. The Kier molecular flexibility index (Phi) is 9.22. The van der Waals surface area contributed by atoms with E-state index in [1.807, 2.05) is 0 Å². The molecule has 0 spiro atoms. The van der Waals surface area contributed by atoms with Crippen LogP contribution in [0.1, 0.15) is 18.5 Å². The van der Waals surface area contributed by atoms with Gasteiger partial charge in [0.2, 0.25) is 0 Å². The van der Waals surface area contributed by atoms with Crippen LogP contribution >= 0.6 is 47.9 Å². The number of hydrogen-bond donors (Lipinski definition) is 2.